The Bertz CT molecular complexity index is 562. The topological polar surface area (TPSA) is 57.4 Å². The molecule has 0 radical (unpaired) electrons. The lowest BCUT2D eigenvalue weighted by molar-refractivity contribution is 0.382. The number of nitrogens with two attached hydrogens (primary N) is 1. The Labute approximate surface area is 119 Å². The first-order chi connectivity index (χ1) is 9.72. The van der Waals surface area contributed by atoms with Gasteiger partial charge in [-0.2, -0.15) is 0 Å². The predicted molar refractivity (Wildman–Crippen MR) is 79.2 cm³/mol. The highest BCUT2D eigenvalue weighted by molar-refractivity contribution is 5.51. The molecule has 0 fully saturated rings. The average Bonchev–Trinajstić information content (AvgIpc) is 2.53. The number of aryl methyl sites for hydroxylation is 1. The van der Waals surface area contributed by atoms with E-state index in [4.69, 9.17) is 15.2 Å². The van der Waals surface area contributed by atoms with Crippen LogP contribution in [0.1, 0.15) is 29.7 Å². The van der Waals surface area contributed by atoms with E-state index in [9.17, 15) is 0 Å². The maximum atomic E-state index is 6.46. The quantitative estimate of drug-likeness (QED) is 0.909. The highest BCUT2D eigenvalue weighted by Crippen LogP contribution is 2.36. The van der Waals surface area contributed by atoms with Crippen molar-refractivity contribution in [3.8, 4) is 11.5 Å². The number of hydrogen-bond acceptors (Lipinski definition) is 4. The largest absolute Gasteiger partial charge is 0.496 e. The summed E-state index contributed by atoms with van der Waals surface area (Å²) >= 11 is 0. The first-order valence-electron chi connectivity index (χ1n) is 6.62. The molecule has 0 saturated heterocycles. The van der Waals surface area contributed by atoms with Gasteiger partial charge >= 0.3 is 0 Å². The van der Waals surface area contributed by atoms with E-state index < -0.39 is 0 Å². The fourth-order valence-corrected chi connectivity index (χ4v) is 2.38. The van der Waals surface area contributed by atoms with Gasteiger partial charge in [0.1, 0.15) is 11.5 Å². The minimum absolute atomic E-state index is 0.306. The van der Waals surface area contributed by atoms with Gasteiger partial charge in [-0.25, -0.2) is 0 Å². The van der Waals surface area contributed by atoms with Crippen LogP contribution in [-0.2, 0) is 6.42 Å². The Morgan fingerprint density at radius 2 is 1.80 bits per heavy atom. The van der Waals surface area contributed by atoms with Crippen LogP contribution in [0.15, 0.2) is 36.7 Å². The van der Waals surface area contributed by atoms with Crippen LogP contribution in [-0.4, -0.2) is 19.2 Å². The van der Waals surface area contributed by atoms with Gasteiger partial charge in [-0.1, -0.05) is 13.0 Å². The van der Waals surface area contributed by atoms with Crippen LogP contribution in [0.25, 0.3) is 0 Å². The van der Waals surface area contributed by atoms with Gasteiger partial charge in [0, 0.05) is 12.4 Å². The lowest BCUT2D eigenvalue weighted by Gasteiger charge is -2.21. The molecule has 0 amide bonds. The maximum Gasteiger partial charge on any atom is 0.127 e. The summed E-state index contributed by atoms with van der Waals surface area (Å²) < 4.78 is 10.9. The van der Waals surface area contributed by atoms with Crippen LogP contribution in [0.5, 0.6) is 11.5 Å². The van der Waals surface area contributed by atoms with Crippen molar-refractivity contribution in [1.29, 1.82) is 0 Å². The van der Waals surface area contributed by atoms with E-state index in [0.717, 1.165) is 34.6 Å². The first-order valence-corrected chi connectivity index (χ1v) is 6.62. The Morgan fingerprint density at radius 3 is 2.35 bits per heavy atom. The highest BCUT2D eigenvalue weighted by atomic mass is 16.5. The predicted octanol–water partition coefficient (Wildman–Crippen LogP) is 2.71. The molecule has 0 aliphatic heterocycles. The Morgan fingerprint density at radius 1 is 1.15 bits per heavy atom. The van der Waals surface area contributed by atoms with Crippen molar-refractivity contribution in [3.63, 3.8) is 0 Å². The summed E-state index contributed by atoms with van der Waals surface area (Å²) in [5.41, 5.74) is 9.50. The summed E-state index contributed by atoms with van der Waals surface area (Å²) in [6.07, 6.45) is 4.50. The molecule has 0 saturated carbocycles. The Balaban J connectivity index is 2.55. The van der Waals surface area contributed by atoms with E-state index in [-0.39, 0.29) is 6.04 Å². The van der Waals surface area contributed by atoms with Gasteiger partial charge in [-0.05, 0) is 35.7 Å². The Hall–Kier alpha value is -2.07. The SMILES string of the molecule is CCc1cnccc1C(N)c1c(OC)cccc1OC. The third-order valence-electron chi connectivity index (χ3n) is 3.43. The molecule has 0 spiro atoms. The minimum atomic E-state index is -0.306. The van der Waals surface area contributed by atoms with Crippen LogP contribution < -0.4 is 15.2 Å². The molecule has 2 rings (SSSR count). The summed E-state index contributed by atoms with van der Waals surface area (Å²) in [5, 5.41) is 0. The van der Waals surface area contributed by atoms with Crippen molar-refractivity contribution < 1.29 is 9.47 Å². The zero-order valence-electron chi connectivity index (χ0n) is 12.1. The lowest BCUT2D eigenvalue weighted by atomic mass is 9.94. The minimum Gasteiger partial charge on any atom is -0.496 e. The monoisotopic (exact) mass is 272 g/mol. The van der Waals surface area contributed by atoms with Crippen molar-refractivity contribution in [3.05, 3.63) is 53.3 Å². The molecule has 0 bridgehead atoms. The zero-order valence-corrected chi connectivity index (χ0v) is 12.1. The van der Waals surface area contributed by atoms with Gasteiger partial charge in [-0.3, -0.25) is 4.98 Å². The molecule has 2 aromatic rings. The van der Waals surface area contributed by atoms with Crippen molar-refractivity contribution in [1.82, 2.24) is 4.98 Å². The second-order valence-corrected chi connectivity index (χ2v) is 4.48. The third-order valence-corrected chi connectivity index (χ3v) is 3.43. The molecule has 20 heavy (non-hydrogen) atoms. The third kappa shape index (κ3) is 2.60. The summed E-state index contributed by atoms with van der Waals surface area (Å²) in [6.45, 7) is 2.09. The van der Waals surface area contributed by atoms with Gasteiger partial charge in [0.05, 0.1) is 25.8 Å². The van der Waals surface area contributed by atoms with E-state index in [1.165, 1.54) is 0 Å². The molecule has 106 valence electrons. The lowest BCUT2D eigenvalue weighted by Crippen LogP contribution is -2.16. The number of rotatable bonds is 5. The molecule has 2 N–H and O–H groups in total. The standard InChI is InChI=1S/C16H20N2O2/c1-4-11-10-18-9-8-12(11)16(17)15-13(19-2)6-5-7-14(15)20-3/h5-10,16H,4,17H2,1-3H3. The van der Waals surface area contributed by atoms with Crippen LogP contribution in [0.2, 0.25) is 0 Å². The van der Waals surface area contributed by atoms with Gasteiger partial charge < -0.3 is 15.2 Å². The fourth-order valence-electron chi connectivity index (χ4n) is 2.38. The van der Waals surface area contributed by atoms with Crippen molar-refractivity contribution >= 4 is 0 Å². The zero-order chi connectivity index (χ0) is 14.5. The van der Waals surface area contributed by atoms with E-state index in [2.05, 4.69) is 11.9 Å². The van der Waals surface area contributed by atoms with Gasteiger partial charge in [0.25, 0.3) is 0 Å². The molecule has 1 atom stereocenters. The average molecular weight is 272 g/mol. The maximum absolute atomic E-state index is 6.46. The van der Waals surface area contributed by atoms with E-state index >= 15 is 0 Å². The van der Waals surface area contributed by atoms with Crippen molar-refractivity contribution in [2.75, 3.05) is 14.2 Å². The van der Waals surface area contributed by atoms with E-state index in [1.807, 2.05) is 30.5 Å². The number of benzene rings is 1. The molecule has 1 aromatic heterocycles. The number of hydrogen-bond donors (Lipinski definition) is 1. The number of methoxy groups -OCH3 is 2. The second kappa shape index (κ2) is 6.39. The van der Waals surface area contributed by atoms with Crippen molar-refractivity contribution in [2.45, 2.75) is 19.4 Å². The molecule has 0 aliphatic rings. The second-order valence-electron chi connectivity index (χ2n) is 4.48. The summed E-state index contributed by atoms with van der Waals surface area (Å²) in [6, 6.07) is 7.32. The molecule has 1 aromatic carbocycles. The van der Waals surface area contributed by atoms with E-state index in [0.29, 0.717) is 0 Å². The highest BCUT2D eigenvalue weighted by Gasteiger charge is 2.20. The normalized spacial score (nSPS) is 12.0. The van der Waals surface area contributed by atoms with Crippen LogP contribution >= 0.6 is 0 Å². The number of pyridine rings is 1. The van der Waals surface area contributed by atoms with Crippen LogP contribution in [0, 0.1) is 0 Å². The van der Waals surface area contributed by atoms with Gasteiger partial charge in [0.15, 0.2) is 0 Å². The smallest absolute Gasteiger partial charge is 0.127 e. The van der Waals surface area contributed by atoms with Gasteiger partial charge in [0.2, 0.25) is 0 Å². The van der Waals surface area contributed by atoms with Crippen LogP contribution in [0.3, 0.4) is 0 Å². The van der Waals surface area contributed by atoms with E-state index in [1.54, 1.807) is 20.4 Å². The van der Waals surface area contributed by atoms with Crippen molar-refractivity contribution in [2.24, 2.45) is 5.73 Å². The molecule has 1 heterocycles. The molecular formula is C16H20N2O2. The fraction of sp³-hybridized carbons (Fsp3) is 0.312. The number of nitrogens with zero attached hydrogens (tertiary/aromatic N) is 1. The van der Waals surface area contributed by atoms with Crippen LogP contribution in [0.4, 0.5) is 0 Å². The Kier molecular flexibility index (Phi) is 4.58. The van der Waals surface area contributed by atoms with Gasteiger partial charge in [-0.15, -0.1) is 0 Å². The summed E-state index contributed by atoms with van der Waals surface area (Å²) in [7, 11) is 3.27. The number of ether oxygens (including phenoxy) is 2. The first kappa shape index (κ1) is 14.3. The molecule has 4 heteroatoms. The molecule has 1 unspecified atom stereocenters. The molecular weight excluding hydrogens is 252 g/mol. The number of aromatic nitrogens is 1. The summed E-state index contributed by atoms with van der Waals surface area (Å²) in [5.74, 6) is 1.46. The molecule has 0 aliphatic carbocycles. The summed E-state index contributed by atoms with van der Waals surface area (Å²) in [4.78, 5) is 4.16. The molecule has 4 nitrogen and oxygen atoms in total.